The van der Waals surface area contributed by atoms with Gasteiger partial charge in [0.25, 0.3) is 0 Å². The zero-order valence-electron chi connectivity index (χ0n) is 21.4. The second-order valence-corrected chi connectivity index (χ2v) is 9.76. The Kier molecular flexibility index (Phi) is 5.51. The number of unbranched alkanes of at least 4 members (excludes halogenated alkanes) is 1. The van der Waals surface area contributed by atoms with Crippen LogP contribution in [0.2, 0.25) is 0 Å². The maximum Gasteiger partial charge on any atom is 0.160 e. The Morgan fingerprint density at radius 3 is 2.24 bits per heavy atom. The first kappa shape index (κ1) is 22.5. The molecule has 184 valence electrons. The van der Waals surface area contributed by atoms with Crippen LogP contribution in [0.25, 0.3) is 43.9 Å². The van der Waals surface area contributed by atoms with Crippen LogP contribution >= 0.6 is 0 Å². The molecule has 0 unspecified atom stereocenters. The van der Waals surface area contributed by atoms with Crippen LogP contribution in [0.5, 0.6) is 0 Å². The highest BCUT2D eigenvalue weighted by atomic mass is 15.1. The molecular formula is C34H28N4. The highest BCUT2D eigenvalue weighted by molar-refractivity contribution is 6.08. The Morgan fingerprint density at radius 2 is 1.39 bits per heavy atom. The van der Waals surface area contributed by atoms with Crippen molar-refractivity contribution in [1.82, 2.24) is 14.5 Å². The van der Waals surface area contributed by atoms with E-state index in [1.165, 1.54) is 16.3 Å². The van der Waals surface area contributed by atoms with E-state index in [0.29, 0.717) is 0 Å². The average Bonchev–Trinajstić information content (AvgIpc) is 3.27. The summed E-state index contributed by atoms with van der Waals surface area (Å²) in [6, 6.07) is 40.6. The van der Waals surface area contributed by atoms with Gasteiger partial charge < -0.3 is 9.47 Å². The monoisotopic (exact) mass is 492 g/mol. The van der Waals surface area contributed by atoms with Gasteiger partial charge in [0.05, 0.1) is 22.2 Å². The summed E-state index contributed by atoms with van der Waals surface area (Å²) in [4.78, 5) is 12.6. The molecular weight excluding hydrogens is 464 g/mol. The van der Waals surface area contributed by atoms with Crippen molar-refractivity contribution >= 4 is 60.9 Å². The van der Waals surface area contributed by atoms with Crippen molar-refractivity contribution in [3.8, 4) is 0 Å². The van der Waals surface area contributed by atoms with Crippen molar-refractivity contribution in [2.45, 2.75) is 26.3 Å². The van der Waals surface area contributed by atoms with E-state index in [0.717, 1.165) is 64.0 Å². The molecule has 4 nitrogen and oxygen atoms in total. The number of aryl methyl sites for hydroxylation is 1. The van der Waals surface area contributed by atoms with E-state index in [1.807, 2.05) is 24.3 Å². The average molecular weight is 493 g/mol. The van der Waals surface area contributed by atoms with Crippen molar-refractivity contribution in [2.24, 2.45) is 0 Å². The first-order chi connectivity index (χ1) is 18.8. The molecule has 7 rings (SSSR count). The highest BCUT2D eigenvalue weighted by Crippen LogP contribution is 2.41. The molecule has 5 aromatic carbocycles. The molecule has 0 bridgehead atoms. The fourth-order valence-corrected chi connectivity index (χ4v) is 5.51. The van der Waals surface area contributed by atoms with Crippen LogP contribution in [-0.4, -0.2) is 14.5 Å². The molecule has 38 heavy (non-hydrogen) atoms. The number of aromatic nitrogens is 3. The molecule has 0 aliphatic carbocycles. The quantitative estimate of drug-likeness (QED) is 0.232. The highest BCUT2D eigenvalue weighted by Gasteiger charge is 2.19. The third kappa shape index (κ3) is 3.69. The summed E-state index contributed by atoms with van der Waals surface area (Å²) in [6.07, 6.45) is 2.23. The smallest absolute Gasteiger partial charge is 0.160 e. The Labute approximate surface area is 221 Å². The summed E-state index contributed by atoms with van der Waals surface area (Å²) in [6.45, 7) is 3.16. The van der Waals surface area contributed by atoms with Crippen molar-refractivity contribution in [3.63, 3.8) is 0 Å². The van der Waals surface area contributed by atoms with Crippen LogP contribution in [0.15, 0.2) is 115 Å². The summed E-state index contributed by atoms with van der Waals surface area (Å²) < 4.78 is 2.35. The molecule has 0 fully saturated rings. The van der Waals surface area contributed by atoms with Crippen LogP contribution in [0.1, 0.15) is 19.8 Å². The van der Waals surface area contributed by atoms with Crippen molar-refractivity contribution in [3.05, 3.63) is 115 Å². The zero-order chi connectivity index (χ0) is 25.5. The maximum atomic E-state index is 5.13. The van der Waals surface area contributed by atoms with Crippen LogP contribution in [0, 0.1) is 0 Å². The first-order valence-corrected chi connectivity index (χ1v) is 13.3. The molecule has 0 aliphatic rings. The molecule has 4 heteroatoms. The third-order valence-corrected chi connectivity index (χ3v) is 7.35. The first-order valence-electron chi connectivity index (χ1n) is 13.3. The van der Waals surface area contributed by atoms with E-state index < -0.39 is 0 Å². The van der Waals surface area contributed by atoms with Gasteiger partial charge in [-0.15, -0.1) is 0 Å². The van der Waals surface area contributed by atoms with Gasteiger partial charge in [-0.3, -0.25) is 0 Å². The molecule has 0 N–H and O–H groups in total. The van der Waals surface area contributed by atoms with Gasteiger partial charge in [0.2, 0.25) is 0 Å². The molecule has 0 saturated carbocycles. The predicted molar refractivity (Wildman–Crippen MR) is 160 cm³/mol. The second kappa shape index (κ2) is 9.31. The van der Waals surface area contributed by atoms with Crippen LogP contribution < -0.4 is 4.90 Å². The zero-order valence-corrected chi connectivity index (χ0v) is 21.4. The fourth-order valence-electron chi connectivity index (χ4n) is 5.51. The summed E-state index contributed by atoms with van der Waals surface area (Å²) >= 11 is 0. The van der Waals surface area contributed by atoms with Gasteiger partial charge in [-0.1, -0.05) is 80.1 Å². The van der Waals surface area contributed by atoms with Gasteiger partial charge in [0, 0.05) is 28.7 Å². The Hall–Kier alpha value is -4.70. The minimum atomic E-state index is 0.925. The van der Waals surface area contributed by atoms with Crippen LogP contribution in [0.3, 0.4) is 0 Å². The number of nitrogens with zero attached hydrogens (tertiary/aromatic N) is 4. The van der Waals surface area contributed by atoms with E-state index in [-0.39, 0.29) is 0 Å². The van der Waals surface area contributed by atoms with Crippen molar-refractivity contribution in [2.75, 3.05) is 4.90 Å². The summed E-state index contributed by atoms with van der Waals surface area (Å²) in [5.41, 5.74) is 8.33. The molecule has 0 amide bonds. The van der Waals surface area contributed by atoms with E-state index in [1.54, 1.807) is 0 Å². The number of hydrogen-bond donors (Lipinski definition) is 0. The standard InChI is InChI=1S/C34H28N4/c1-2-3-22-37-31-21-20-26(23-28(31)33-34(37)36-30-18-10-9-17-29(30)35-33)38(25-14-5-4-6-15-25)32-19-11-13-24-12-7-8-16-27(24)32/h4-21,23H,2-3,22H2,1H3. The van der Waals surface area contributed by atoms with Gasteiger partial charge in [-0.2, -0.15) is 0 Å². The molecule has 0 spiro atoms. The number of anilines is 3. The summed E-state index contributed by atoms with van der Waals surface area (Å²) in [5, 5.41) is 3.57. The minimum Gasteiger partial charge on any atom is -0.324 e. The lowest BCUT2D eigenvalue weighted by Gasteiger charge is -2.27. The maximum absolute atomic E-state index is 5.13. The predicted octanol–water partition coefficient (Wildman–Crippen LogP) is 9.16. The number of para-hydroxylation sites is 3. The number of benzene rings is 5. The molecule has 2 heterocycles. The SMILES string of the molecule is CCCCn1c2ccc(N(c3ccccc3)c3cccc4ccccc34)cc2c2nc3ccccc3nc21. The Balaban J connectivity index is 1.51. The van der Waals surface area contributed by atoms with Crippen molar-refractivity contribution < 1.29 is 0 Å². The minimum absolute atomic E-state index is 0.925. The van der Waals surface area contributed by atoms with Gasteiger partial charge >= 0.3 is 0 Å². The van der Waals surface area contributed by atoms with Crippen LogP contribution in [-0.2, 0) is 6.54 Å². The summed E-state index contributed by atoms with van der Waals surface area (Å²) in [7, 11) is 0. The van der Waals surface area contributed by atoms with E-state index in [2.05, 4.69) is 107 Å². The van der Waals surface area contributed by atoms with Gasteiger partial charge in [-0.05, 0) is 60.3 Å². The Bertz CT molecular complexity index is 1920. The number of hydrogen-bond acceptors (Lipinski definition) is 3. The fraction of sp³-hybridized carbons (Fsp3) is 0.118. The molecule has 0 atom stereocenters. The lowest BCUT2D eigenvalue weighted by Crippen LogP contribution is -2.10. The Morgan fingerprint density at radius 1 is 0.658 bits per heavy atom. The number of fused-ring (bicyclic) bond motifs is 5. The largest absolute Gasteiger partial charge is 0.324 e. The molecule has 0 saturated heterocycles. The van der Waals surface area contributed by atoms with Gasteiger partial charge in [0.15, 0.2) is 5.65 Å². The lowest BCUT2D eigenvalue weighted by atomic mass is 10.1. The molecule has 7 aromatic rings. The van der Waals surface area contributed by atoms with Gasteiger partial charge in [0.1, 0.15) is 5.52 Å². The number of rotatable bonds is 6. The lowest BCUT2D eigenvalue weighted by molar-refractivity contribution is 0.661. The molecule has 0 aliphatic heterocycles. The molecule has 0 radical (unpaired) electrons. The van der Waals surface area contributed by atoms with Crippen molar-refractivity contribution in [1.29, 1.82) is 0 Å². The third-order valence-electron chi connectivity index (χ3n) is 7.35. The second-order valence-electron chi connectivity index (χ2n) is 9.76. The van der Waals surface area contributed by atoms with E-state index >= 15 is 0 Å². The van der Waals surface area contributed by atoms with Crippen LogP contribution in [0.4, 0.5) is 17.1 Å². The van der Waals surface area contributed by atoms with E-state index in [4.69, 9.17) is 9.97 Å². The normalized spacial score (nSPS) is 11.6. The summed E-state index contributed by atoms with van der Waals surface area (Å²) in [5.74, 6) is 0. The topological polar surface area (TPSA) is 34.0 Å². The molecule has 2 aromatic heterocycles. The van der Waals surface area contributed by atoms with E-state index in [9.17, 15) is 0 Å². The van der Waals surface area contributed by atoms with Gasteiger partial charge in [-0.25, -0.2) is 9.97 Å².